The minimum absolute atomic E-state index is 0.0695. The van der Waals surface area contributed by atoms with Crippen LogP contribution in [0.5, 0.6) is 0 Å². The Bertz CT molecular complexity index is 1050. The van der Waals surface area contributed by atoms with Gasteiger partial charge >= 0.3 is 0 Å². The second-order valence-electron chi connectivity index (χ2n) is 9.31. The topological polar surface area (TPSA) is 65.2 Å². The third kappa shape index (κ3) is 7.89. The predicted octanol–water partition coefficient (Wildman–Crippen LogP) is 5.03. The Morgan fingerprint density at radius 1 is 0.686 bits per heavy atom. The molecule has 0 fully saturated rings. The molecule has 0 aliphatic heterocycles. The van der Waals surface area contributed by atoms with E-state index in [1.807, 2.05) is 7.05 Å². The Morgan fingerprint density at radius 2 is 1.14 bits per heavy atom. The number of nitrogens with one attached hydrogen (secondary N) is 4. The first-order chi connectivity index (χ1) is 17.1. The summed E-state index contributed by atoms with van der Waals surface area (Å²) in [4.78, 5) is 11.6. The summed E-state index contributed by atoms with van der Waals surface area (Å²) in [5, 5.41) is 18.7. The summed E-state index contributed by atoms with van der Waals surface area (Å²) in [7, 11) is 2.02. The van der Waals surface area contributed by atoms with Gasteiger partial charge in [-0.2, -0.15) is 0 Å². The number of amides is 1. The van der Waals surface area contributed by atoms with Crippen LogP contribution in [0.15, 0.2) is 60.7 Å². The molecule has 3 rings (SSSR count). The van der Waals surface area contributed by atoms with Gasteiger partial charge in [0.15, 0.2) is 0 Å². The second kappa shape index (κ2) is 14.6. The van der Waals surface area contributed by atoms with Crippen LogP contribution in [-0.2, 0) is 17.9 Å². The lowest BCUT2D eigenvalue weighted by atomic mass is 9.91. The zero-order valence-corrected chi connectivity index (χ0v) is 21.5. The lowest BCUT2D eigenvalue weighted by Gasteiger charge is -2.18. The highest BCUT2D eigenvalue weighted by Gasteiger charge is 2.13. The van der Waals surface area contributed by atoms with E-state index in [0.29, 0.717) is 12.1 Å². The standard InChI is InChI=1S/C30H42N4O/c1-23(2)30(35)34-20-12-19-33-22-29-26-15-8-6-13-24(26)28(25-14-7-9-16-27(25)29)21-32-18-11-5-4-10-17-31-3/h6-9,13-16,31-33H,1,4-5,10-12,17-22H2,2-3H3,(H,34,35). The Hall–Kier alpha value is -2.73. The number of benzene rings is 3. The molecule has 0 saturated carbocycles. The van der Waals surface area contributed by atoms with Crippen molar-refractivity contribution in [3.8, 4) is 0 Å². The van der Waals surface area contributed by atoms with Crippen LogP contribution in [0.3, 0.4) is 0 Å². The van der Waals surface area contributed by atoms with Crippen molar-refractivity contribution in [3.63, 3.8) is 0 Å². The monoisotopic (exact) mass is 474 g/mol. The van der Waals surface area contributed by atoms with E-state index in [1.54, 1.807) is 6.92 Å². The molecule has 4 N–H and O–H groups in total. The molecule has 5 nitrogen and oxygen atoms in total. The molecule has 0 bridgehead atoms. The molecule has 5 heteroatoms. The normalized spacial score (nSPS) is 11.3. The van der Waals surface area contributed by atoms with Gasteiger partial charge in [-0.05, 0) is 85.5 Å². The van der Waals surface area contributed by atoms with Crippen molar-refractivity contribution < 1.29 is 4.79 Å². The molecule has 3 aromatic carbocycles. The van der Waals surface area contributed by atoms with Gasteiger partial charge < -0.3 is 21.3 Å². The Kier molecular flexibility index (Phi) is 11.2. The third-order valence-electron chi connectivity index (χ3n) is 6.49. The lowest BCUT2D eigenvalue weighted by molar-refractivity contribution is -0.117. The summed E-state index contributed by atoms with van der Waals surface area (Å²) in [6.07, 6.45) is 5.92. The highest BCUT2D eigenvalue weighted by Crippen LogP contribution is 2.33. The molecule has 1 amide bonds. The van der Waals surface area contributed by atoms with Gasteiger partial charge in [-0.3, -0.25) is 4.79 Å². The first-order valence-electron chi connectivity index (χ1n) is 13.0. The molecule has 3 aromatic rings. The Morgan fingerprint density at radius 3 is 1.60 bits per heavy atom. The number of carbonyl (C=O) groups excluding carboxylic acids is 1. The van der Waals surface area contributed by atoms with Crippen LogP contribution in [0.1, 0.15) is 50.2 Å². The summed E-state index contributed by atoms with van der Waals surface area (Å²) >= 11 is 0. The minimum atomic E-state index is -0.0695. The zero-order valence-electron chi connectivity index (χ0n) is 21.5. The van der Waals surface area contributed by atoms with Crippen molar-refractivity contribution in [1.29, 1.82) is 0 Å². The Labute approximate surface area is 210 Å². The van der Waals surface area contributed by atoms with Gasteiger partial charge in [0.1, 0.15) is 0 Å². The van der Waals surface area contributed by atoms with E-state index in [-0.39, 0.29) is 5.91 Å². The van der Waals surface area contributed by atoms with E-state index >= 15 is 0 Å². The van der Waals surface area contributed by atoms with Crippen molar-refractivity contribution in [2.45, 2.75) is 52.1 Å². The van der Waals surface area contributed by atoms with Crippen LogP contribution in [0.4, 0.5) is 0 Å². The SMILES string of the molecule is C=C(C)C(=O)NCCCNCc1c2ccccc2c(CNCCCCCCNC)c2ccccc12. The van der Waals surface area contributed by atoms with Gasteiger partial charge in [-0.15, -0.1) is 0 Å². The van der Waals surface area contributed by atoms with Gasteiger partial charge in [0.05, 0.1) is 0 Å². The predicted molar refractivity (Wildman–Crippen MR) is 150 cm³/mol. The van der Waals surface area contributed by atoms with E-state index in [9.17, 15) is 4.79 Å². The molecule has 0 radical (unpaired) electrons. The summed E-state index contributed by atoms with van der Waals surface area (Å²) in [6, 6.07) is 17.6. The van der Waals surface area contributed by atoms with Crippen LogP contribution >= 0.6 is 0 Å². The molecule has 0 unspecified atom stereocenters. The molecule has 188 valence electrons. The van der Waals surface area contributed by atoms with Crippen LogP contribution in [-0.4, -0.2) is 39.1 Å². The molecular weight excluding hydrogens is 432 g/mol. The Balaban J connectivity index is 1.66. The molecule has 0 saturated heterocycles. The third-order valence-corrected chi connectivity index (χ3v) is 6.49. The fourth-order valence-corrected chi connectivity index (χ4v) is 4.59. The largest absolute Gasteiger partial charge is 0.352 e. The van der Waals surface area contributed by atoms with Gasteiger partial charge in [-0.1, -0.05) is 68.0 Å². The second-order valence-corrected chi connectivity index (χ2v) is 9.31. The van der Waals surface area contributed by atoms with E-state index in [1.165, 1.54) is 58.4 Å². The number of rotatable bonds is 16. The number of hydrogen-bond acceptors (Lipinski definition) is 4. The van der Waals surface area contributed by atoms with Crippen LogP contribution in [0.2, 0.25) is 0 Å². The van der Waals surface area contributed by atoms with Crippen molar-refractivity contribution in [1.82, 2.24) is 21.3 Å². The maximum Gasteiger partial charge on any atom is 0.246 e. The highest BCUT2D eigenvalue weighted by atomic mass is 16.1. The molecule has 0 heterocycles. The molecule has 35 heavy (non-hydrogen) atoms. The molecule has 0 spiro atoms. The number of unbranched alkanes of at least 4 members (excludes halogenated alkanes) is 3. The summed E-state index contributed by atoms with van der Waals surface area (Å²) in [6.45, 7) is 10.8. The zero-order chi connectivity index (χ0) is 24.9. The molecule has 0 aromatic heterocycles. The highest BCUT2D eigenvalue weighted by molar-refractivity contribution is 6.05. The number of carbonyl (C=O) groups is 1. The first kappa shape index (κ1) is 26.9. The molecule has 0 atom stereocenters. The van der Waals surface area contributed by atoms with Crippen LogP contribution in [0.25, 0.3) is 21.5 Å². The van der Waals surface area contributed by atoms with Crippen molar-refractivity contribution in [2.24, 2.45) is 0 Å². The number of fused-ring (bicyclic) bond motifs is 2. The minimum Gasteiger partial charge on any atom is -0.352 e. The average molecular weight is 475 g/mol. The van der Waals surface area contributed by atoms with Crippen LogP contribution < -0.4 is 21.3 Å². The maximum atomic E-state index is 11.6. The smallest absolute Gasteiger partial charge is 0.246 e. The van der Waals surface area contributed by atoms with Gasteiger partial charge in [0.2, 0.25) is 5.91 Å². The maximum absolute atomic E-state index is 11.6. The quantitative estimate of drug-likeness (QED) is 0.134. The molecule has 0 aliphatic carbocycles. The summed E-state index contributed by atoms with van der Waals surface area (Å²) in [5.41, 5.74) is 3.28. The van der Waals surface area contributed by atoms with E-state index in [4.69, 9.17) is 0 Å². The van der Waals surface area contributed by atoms with Gasteiger partial charge in [0, 0.05) is 25.2 Å². The molecular formula is C30H42N4O. The van der Waals surface area contributed by atoms with Crippen molar-refractivity contribution in [3.05, 3.63) is 71.8 Å². The van der Waals surface area contributed by atoms with Gasteiger partial charge in [0.25, 0.3) is 0 Å². The van der Waals surface area contributed by atoms with E-state index in [0.717, 1.165) is 39.1 Å². The fourth-order valence-electron chi connectivity index (χ4n) is 4.59. The summed E-state index contributed by atoms with van der Waals surface area (Å²) < 4.78 is 0. The van der Waals surface area contributed by atoms with E-state index < -0.39 is 0 Å². The molecule has 0 aliphatic rings. The van der Waals surface area contributed by atoms with Gasteiger partial charge in [-0.25, -0.2) is 0 Å². The number of hydrogen-bond donors (Lipinski definition) is 4. The average Bonchev–Trinajstić information content (AvgIpc) is 2.87. The fraction of sp³-hybridized carbons (Fsp3) is 0.433. The lowest BCUT2D eigenvalue weighted by Crippen LogP contribution is -2.27. The first-order valence-corrected chi connectivity index (χ1v) is 13.0. The van der Waals surface area contributed by atoms with Crippen molar-refractivity contribution in [2.75, 3.05) is 33.2 Å². The van der Waals surface area contributed by atoms with Crippen LogP contribution in [0, 0.1) is 0 Å². The van der Waals surface area contributed by atoms with E-state index in [2.05, 4.69) is 76.4 Å². The van der Waals surface area contributed by atoms with Crippen molar-refractivity contribution >= 4 is 27.5 Å². The summed E-state index contributed by atoms with van der Waals surface area (Å²) in [5.74, 6) is -0.0695.